The molecule has 0 aromatic heterocycles. The molecule has 0 N–H and O–H groups in total. The Hall–Kier alpha value is -0.180. The minimum atomic E-state index is -3.18. The summed E-state index contributed by atoms with van der Waals surface area (Å²) >= 11 is 0. The van der Waals surface area contributed by atoms with Crippen LogP contribution in [0.1, 0.15) is 39.0 Å². The van der Waals surface area contributed by atoms with Gasteiger partial charge in [-0.15, -0.1) is 0 Å². The normalized spacial score (nSPS) is 18.4. The molecule has 1 rings (SSSR count). The summed E-state index contributed by atoms with van der Waals surface area (Å²) in [6, 6.07) is 0. The monoisotopic (exact) mass is 248 g/mol. The molecule has 1 aliphatic carbocycles. The van der Waals surface area contributed by atoms with Gasteiger partial charge in [-0.1, -0.05) is 19.8 Å². The van der Waals surface area contributed by atoms with E-state index in [2.05, 4.69) is 6.92 Å². The van der Waals surface area contributed by atoms with E-state index in [9.17, 15) is 9.36 Å². The molecule has 0 aromatic carbocycles. The van der Waals surface area contributed by atoms with Gasteiger partial charge in [-0.2, -0.15) is 0 Å². The highest BCUT2D eigenvalue weighted by Crippen LogP contribution is 2.55. The molecule has 0 radical (unpaired) electrons. The van der Waals surface area contributed by atoms with E-state index in [-0.39, 0.29) is 17.4 Å². The lowest BCUT2D eigenvalue weighted by atomic mass is 9.95. The lowest BCUT2D eigenvalue weighted by molar-refractivity contribution is -0.122. The van der Waals surface area contributed by atoms with Crippen LogP contribution in [0.4, 0.5) is 0 Å². The average molecular weight is 248 g/mol. The predicted octanol–water partition coefficient (Wildman–Crippen LogP) is 3.01. The SMILES string of the molecule is CCCCC1(C(=O)CP(=O)(OC)OC)CC1. The number of carbonyl (C=O) groups excluding carboxylic acids is 1. The van der Waals surface area contributed by atoms with Gasteiger partial charge in [0.05, 0.1) is 0 Å². The standard InChI is InChI=1S/C11H21O4P/c1-4-5-6-11(7-8-11)10(12)9-16(13,14-2)15-3/h4-9H2,1-3H3. The number of rotatable bonds is 8. The number of hydrogen-bond acceptors (Lipinski definition) is 4. The van der Waals surface area contributed by atoms with Crippen molar-refractivity contribution in [1.29, 1.82) is 0 Å². The average Bonchev–Trinajstić information content (AvgIpc) is 3.07. The predicted molar refractivity (Wildman–Crippen MR) is 62.7 cm³/mol. The molecule has 0 amide bonds. The van der Waals surface area contributed by atoms with Crippen LogP contribution in [0.25, 0.3) is 0 Å². The van der Waals surface area contributed by atoms with E-state index in [4.69, 9.17) is 9.05 Å². The first kappa shape index (κ1) is 13.9. The van der Waals surface area contributed by atoms with Crippen molar-refractivity contribution < 1.29 is 18.4 Å². The van der Waals surface area contributed by atoms with Crippen molar-refractivity contribution in [3.8, 4) is 0 Å². The minimum absolute atomic E-state index is 0.0491. The minimum Gasteiger partial charge on any atom is -0.312 e. The fourth-order valence-corrected chi connectivity index (χ4v) is 2.98. The Morgan fingerprint density at radius 1 is 1.31 bits per heavy atom. The van der Waals surface area contributed by atoms with Crippen molar-refractivity contribution in [3.05, 3.63) is 0 Å². The number of carbonyl (C=O) groups is 1. The second kappa shape index (κ2) is 5.44. The summed E-state index contributed by atoms with van der Waals surface area (Å²) in [5.41, 5.74) is -0.206. The maximum atomic E-state index is 12.0. The second-order valence-electron chi connectivity index (χ2n) is 4.44. The molecule has 1 saturated carbocycles. The summed E-state index contributed by atoms with van der Waals surface area (Å²) in [4.78, 5) is 12.0. The number of hydrogen-bond donors (Lipinski definition) is 0. The Morgan fingerprint density at radius 3 is 2.25 bits per heavy atom. The lowest BCUT2D eigenvalue weighted by Crippen LogP contribution is -2.20. The Kier molecular flexibility index (Phi) is 4.72. The molecule has 0 saturated heterocycles. The van der Waals surface area contributed by atoms with E-state index in [1.54, 1.807) is 0 Å². The molecule has 1 aliphatic rings. The van der Waals surface area contributed by atoms with Crippen LogP contribution in [0, 0.1) is 5.41 Å². The van der Waals surface area contributed by atoms with Crippen LogP contribution in [-0.2, 0) is 18.4 Å². The summed E-state index contributed by atoms with van der Waals surface area (Å²) in [7, 11) is -0.530. The molecule has 0 unspecified atom stereocenters. The molecule has 0 heterocycles. The van der Waals surface area contributed by atoms with Crippen molar-refractivity contribution in [2.45, 2.75) is 39.0 Å². The maximum absolute atomic E-state index is 12.0. The molecule has 0 bridgehead atoms. The quantitative estimate of drug-likeness (QED) is 0.619. The van der Waals surface area contributed by atoms with Gasteiger partial charge in [0.2, 0.25) is 0 Å². The van der Waals surface area contributed by atoms with Crippen LogP contribution in [-0.4, -0.2) is 26.2 Å². The van der Waals surface area contributed by atoms with Gasteiger partial charge >= 0.3 is 7.60 Å². The van der Waals surface area contributed by atoms with Crippen LogP contribution < -0.4 is 0 Å². The van der Waals surface area contributed by atoms with Gasteiger partial charge in [-0.25, -0.2) is 0 Å². The molecule has 5 heteroatoms. The van der Waals surface area contributed by atoms with Crippen LogP contribution in [0.15, 0.2) is 0 Å². The van der Waals surface area contributed by atoms with E-state index < -0.39 is 7.60 Å². The van der Waals surface area contributed by atoms with Crippen molar-refractivity contribution in [3.63, 3.8) is 0 Å². The smallest absolute Gasteiger partial charge is 0.312 e. The Bertz CT molecular complexity index is 288. The molecule has 0 aliphatic heterocycles. The summed E-state index contributed by atoms with van der Waals surface area (Å²) in [6.45, 7) is 2.11. The van der Waals surface area contributed by atoms with Crippen LogP contribution in [0.5, 0.6) is 0 Å². The molecular formula is C11H21O4P. The first-order valence-corrected chi connectivity index (χ1v) is 7.48. The highest BCUT2D eigenvalue weighted by atomic mass is 31.2. The van der Waals surface area contributed by atoms with Crippen molar-refractivity contribution in [1.82, 2.24) is 0 Å². The van der Waals surface area contributed by atoms with Gasteiger partial charge in [0, 0.05) is 19.6 Å². The summed E-state index contributed by atoms with van der Waals surface area (Å²) in [5, 5.41) is 0. The van der Waals surface area contributed by atoms with Gasteiger partial charge in [-0.3, -0.25) is 9.36 Å². The van der Waals surface area contributed by atoms with E-state index in [1.807, 2.05) is 0 Å². The van der Waals surface area contributed by atoms with Crippen molar-refractivity contribution in [2.75, 3.05) is 20.4 Å². The van der Waals surface area contributed by atoms with Crippen LogP contribution in [0.3, 0.4) is 0 Å². The Balaban J connectivity index is 2.55. The third-order valence-corrected chi connectivity index (χ3v) is 5.13. The molecule has 16 heavy (non-hydrogen) atoms. The summed E-state index contributed by atoms with van der Waals surface area (Å²) in [5.74, 6) is 0.0491. The van der Waals surface area contributed by atoms with Gasteiger partial charge in [0.15, 0.2) is 5.78 Å². The molecule has 4 nitrogen and oxygen atoms in total. The van der Waals surface area contributed by atoms with E-state index >= 15 is 0 Å². The molecule has 0 aromatic rings. The topological polar surface area (TPSA) is 52.6 Å². The van der Waals surface area contributed by atoms with Crippen LogP contribution >= 0.6 is 7.60 Å². The molecule has 94 valence electrons. The zero-order valence-corrected chi connectivity index (χ0v) is 11.2. The first-order chi connectivity index (χ1) is 7.52. The van der Waals surface area contributed by atoms with Gasteiger partial charge in [0.25, 0.3) is 0 Å². The number of unbranched alkanes of at least 4 members (excludes halogenated alkanes) is 1. The lowest BCUT2D eigenvalue weighted by Gasteiger charge is -2.17. The Labute approximate surface area is 97.2 Å². The largest absolute Gasteiger partial charge is 0.337 e. The third-order valence-electron chi connectivity index (χ3n) is 3.35. The first-order valence-electron chi connectivity index (χ1n) is 5.76. The number of ketones is 1. The number of Topliss-reactive ketones (excluding diaryl/α,β-unsaturated/α-hetero) is 1. The van der Waals surface area contributed by atoms with E-state index in [1.165, 1.54) is 14.2 Å². The van der Waals surface area contributed by atoms with Crippen LogP contribution in [0.2, 0.25) is 0 Å². The Morgan fingerprint density at radius 2 is 1.88 bits per heavy atom. The second-order valence-corrected chi connectivity index (χ2v) is 6.71. The maximum Gasteiger partial charge on any atom is 0.337 e. The van der Waals surface area contributed by atoms with Gasteiger partial charge < -0.3 is 9.05 Å². The third kappa shape index (κ3) is 3.16. The molecule has 0 atom stereocenters. The van der Waals surface area contributed by atoms with E-state index in [0.717, 1.165) is 32.1 Å². The van der Waals surface area contributed by atoms with Gasteiger partial charge in [-0.05, 0) is 19.3 Å². The summed E-state index contributed by atoms with van der Waals surface area (Å²) in [6.07, 6.45) is 4.83. The van der Waals surface area contributed by atoms with Crippen molar-refractivity contribution in [2.24, 2.45) is 5.41 Å². The summed E-state index contributed by atoms with van der Waals surface area (Å²) < 4.78 is 21.4. The highest BCUT2D eigenvalue weighted by Gasteiger charge is 2.50. The zero-order chi connectivity index (χ0) is 12.2. The molecule has 0 spiro atoms. The van der Waals surface area contributed by atoms with E-state index in [0.29, 0.717) is 0 Å². The fraction of sp³-hybridized carbons (Fsp3) is 0.909. The molecule has 1 fully saturated rings. The molecular weight excluding hydrogens is 227 g/mol. The fourth-order valence-electron chi connectivity index (χ4n) is 1.88. The van der Waals surface area contributed by atoms with Crippen molar-refractivity contribution >= 4 is 13.4 Å². The zero-order valence-electron chi connectivity index (χ0n) is 10.3. The van der Waals surface area contributed by atoms with Gasteiger partial charge in [0.1, 0.15) is 6.16 Å². The highest BCUT2D eigenvalue weighted by molar-refractivity contribution is 7.54.